The summed E-state index contributed by atoms with van der Waals surface area (Å²) < 4.78 is 32.1. The van der Waals surface area contributed by atoms with Gasteiger partial charge >= 0.3 is 0 Å². The van der Waals surface area contributed by atoms with Crippen molar-refractivity contribution in [2.75, 3.05) is 13.7 Å². The lowest BCUT2D eigenvalue weighted by atomic mass is 10.3. The van der Waals surface area contributed by atoms with Crippen molar-refractivity contribution in [3.05, 3.63) is 21.8 Å². The number of sulfonamides is 1. The van der Waals surface area contributed by atoms with E-state index in [2.05, 4.69) is 27.3 Å². The van der Waals surface area contributed by atoms with E-state index < -0.39 is 10.0 Å². The molecule has 16 heavy (non-hydrogen) atoms. The zero-order valence-corrected chi connectivity index (χ0v) is 12.1. The number of ether oxygens (including phenoxy) is 1. The predicted molar refractivity (Wildman–Crippen MR) is 71.2 cm³/mol. The number of benzene rings is 1. The lowest BCUT2D eigenvalue weighted by molar-refractivity contribution is 0.410. The molecule has 4 nitrogen and oxygen atoms in total. The molecule has 0 amide bonds. The Morgan fingerprint density at radius 3 is 2.69 bits per heavy atom. The minimum absolute atomic E-state index is 0.234. The van der Waals surface area contributed by atoms with Crippen molar-refractivity contribution in [3.8, 4) is 5.75 Å². The van der Waals surface area contributed by atoms with Crippen molar-refractivity contribution in [2.24, 2.45) is 0 Å². The monoisotopic (exact) mass is 355 g/mol. The first-order chi connectivity index (χ1) is 7.51. The zero-order valence-electron chi connectivity index (χ0n) is 9.16. The number of rotatable bonds is 5. The lowest BCUT2D eigenvalue weighted by Crippen LogP contribution is -2.24. The molecule has 0 aliphatic heterocycles. The van der Waals surface area contributed by atoms with Crippen LogP contribution in [0.3, 0.4) is 0 Å². The molecule has 1 N–H and O–H groups in total. The summed E-state index contributed by atoms with van der Waals surface area (Å²) in [5, 5.41) is 0. The van der Waals surface area contributed by atoms with Crippen LogP contribution in [-0.4, -0.2) is 22.1 Å². The molecule has 0 unspecified atom stereocenters. The zero-order chi connectivity index (χ0) is 12.2. The molecule has 0 aromatic heterocycles. The van der Waals surface area contributed by atoms with Crippen LogP contribution in [0.1, 0.15) is 13.3 Å². The van der Waals surface area contributed by atoms with Gasteiger partial charge in [0.15, 0.2) is 0 Å². The average molecular weight is 355 g/mol. The van der Waals surface area contributed by atoms with E-state index in [0.29, 0.717) is 12.3 Å². The van der Waals surface area contributed by atoms with Gasteiger partial charge in [0, 0.05) is 12.6 Å². The maximum atomic E-state index is 11.8. The molecular formula is C10H14INO3S. The highest BCUT2D eigenvalue weighted by atomic mass is 127. The van der Waals surface area contributed by atoms with Gasteiger partial charge in [-0.25, -0.2) is 13.1 Å². The maximum Gasteiger partial charge on any atom is 0.240 e. The molecule has 0 aliphatic carbocycles. The summed E-state index contributed by atoms with van der Waals surface area (Å²) in [6.45, 7) is 2.35. The number of hydrogen-bond donors (Lipinski definition) is 1. The summed E-state index contributed by atoms with van der Waals surface area (Å²) in [7, 11) is -1.88. The molecule has 0 saturated carbocycles. The Morgan fingerprint density at radius 2 is 2.12 bits per heavy atom. The van der Waals surface area contributed by atoms with Gasteiger partial charge in [0.25, 0.3) is 0 Å². The summed E-state index contributed by atoms with van der Waals surface area (Å²) in [5.74, 6) is 0.569. The quantitative estimate of drug-likeness (QED) is 0.822. The van der Waals surface area contributed by atoms with Crippen molar-refractivity contribution >= 4 is 32.6 Å². The van der Waals surface area contributed by atoms with Gasteiger partial charge in [-0.1, -0.05) is 6.92 Å². The normalized spacial score (nSPS) is 11.4. The Balaban J connectivity index is 3.04. The van der Waals surface area contributed by atoms with Crippen molar-refractivity contribution < 1.29 is 13.2 Å². The van der Waals surface area contributed by atoms with Crippen LogP contribution < -0.4 is 9.46 Å². The summed E-state index contributed by atoms with van der Waals surface area (Å²) >= 11 is 2.09. The molecule has 0 saturated heterocycles. The van der Waals surface area contributed by atoms with E-state index in [4.69, 9.17) is 4.74 Å². The smallest absolute Gasteiger partial charge is 0.240 e. The van der Waals surface area contributed by atoms with Gasteiger partial charge in [-0.15, -0.1) is 0 Å². The number of methoxy groups -OCH3 is 1. The maximum absolute atomic E-state index is 11.8. The van der Waals surface area contributed by atoms with Crippen LogP contribution >= 0.6 is 22.6 Å². The molecule has 0 radical (unpaired) electrons. The standard InChI is InChI=1S/C10H14INO3S/c1-3-6-12-16(13,14)8-4-5-9(11)10(7-8)15-2/h4-5,7,12H,3,6H2,1-2H3. The Labute approximate surface area is 110 Å². The van der Waals surface area contributed by atoms with E-state index in [1.54, 1.807) is 12.1 Å². The van der Waals surface area contributed by atoms with Crippen LogP contribution in [0.2, 0.25) is 0 Å². The summed E-state index contributed by atoms with van der Waals surface area (Å²) in [6, 6.07) is 4.82. The van der Waals surface area contributed by atoms with Crippen LogP contribution in [0.5, 0.6) is 5.75 Å². The van der Waals surface area contributed by atoms with Crippen LogP contribution in [-0.2, 0) is 10.0 Å². The molecule has 0 aliphatic rings. The van der Waals surface area contributed by atoms with Gasteiger partial charge in [0.05, 0.1) is 15.6 Å². The highest BCUT2D eigenvalue weighted by molar-refractivity contribution is 14.1. The number of halogens is 1. The van der Waals surface area contributed by atoms with Crippen molar-refractivity contribution in [1.82, 2.24) is 4.72 Å². The van der Waals surface area contributed by atoms with Gasteiger partial charge in [-0.2, -0.15) is 0 Å². The van der Waals surface area contributed by atoms with Gasteiger partial charge in [-0.05, 0) is 41.1 Å². The summed E-state index contributed by atoms with van der Waals surface area (Å²) in [5.41, 5.74) is 0. The van der Waals surface area contributed by atoms with Gasteiger partial charge in [-0.3, -0.25) is 0 Å². The molecule has 1 rings (SSSR count). The van der Waals surface area contributed by atoms with E-state index in [1.807, 2.05) is 6.92 Å². The largest absolute Gasteiger partial charge is 0.496 e. The first kappa shape index (κ1) is 13.7. The SMILES string of the molecule is CCCNS(=O)(=O)c1ccc(I)c(OC)c1. The minimum Gasteiger partial charge on any atom is -0.496 e. The molecule has 0 spiro atoms. The van der Waals surface area contributed by atoms with Crippen LogP contribution in [0, 0.1) is 3.57 Å². The Kier molecular flexibility index (Phi) is 5.00. The fourth-order valence-electron chi connectivity index (χ4n) is 1.13. The van der Waals surface area contributed by atoms with E-state index in [0.717, 1.165) is 9.99 Å². The number of nitrogens with one attached hydrogen (secondary N) is 1. The van der Waals surface area contributed by atoms with E-state index in [-0.39, 0.29) is 4.90 Å². The van der Waals surface area contributed by atoms with Crippen LogP contribution in [0.4, 0.5) is 0 Å². The average Bonchev–Trinajstić information content (AvgIpc) is 2.27. The molecule has 1 aromatic carbocycles. The highest BCUT2D eigenvalue weighted by Gasteiger charge is 2.14. The number of hydrogen-bond acceptors (Lipinski definition) is 3. The molecule has 6 heteroatoms. The van der Waals surface area contributed by atoms with Gasteiger partial charge < -0.3 is 4.74 Å². The third-order valence-electron chi connectivity index (χ3n) is 1.97. The fraction of sp³-hybridized carbons (Fsp3) is 0.400. The Hall–Kier alpha value is -0.340. The fourth-order valence-corrected chi connectivity index (χ4v) is 2.83. The predicted octanol–water partition coefficient (Wildman–Crippen LogP) is 1.99. The van der Waals surface area contributed by atoms with E-state index >= 15 is 0 Å². The second-order valence-corrected chi connectivity index (χ2v) is 6.12. The van der Waals surface area contributed by atoms with Crippen LogP contribution in [0.25, 0.3) is 0 Å². The van der Waals surface area contributed by atoms with Crippen molar-refractivity contribution in [3.63, 3.8) is 0 Å². The lowest BCUT2D eigenvalue weighted by Gasteiger charge is -2.08. The molecule has 0 heterocycles. The minimum atomic E-state index is -3.41. The van der Waals surface area contributed by atoms with E-state index in [9.17, 15) is 8.42 Å². The third kappa shape index (κ3) is 3.33. The second-order valence-electron chi connectivity index (χ2n) is 3.19. The third-order valence-corrected chi connectivity index (χ3v) is 4.32. The summed E-state index contributed by atoms with van der Waals surface area (Å²) in [4.78, 5) is 0.234. The molecule has 0 atom stereocenters. The molecular weight excluding hydrogens is 341 g/mol. The molecule has 90 valence electrons. The van der Waals surface area contributed by atoms with E-state index in [1.165, 1.54) is 13.2 Å². The van der Waals surface area contributed by atoms with Crippen LogP contribution in [0.15, 0.2) is 23.1 Å². The first-order valence-electron chi connectivity index (χ1n) is 4.84. The molecule has 1 aromatic rings. The van der Waals surface area contributed by atoms with Crippen molar-refractivity contribution in [1.29, 1.82) is 0 Å². The first-order valence-corrected chi connectivity index (χ1v) is 7.40. The van der Waals surface area contributed by atoms with Gasteiger partial charge in [0.2, 0.25) is 10.0 Å². The van der Waals surface area contributed by atoms with Gasteiger partial charge in [0.1, 0.15) is 5.75 Å². The Morgan fingerprint density at radius 1 is 1.44 bits per heavy atom. The second kappa shape index (κ2) is 5.83. The topological polar surface area (TPSA) is 55.4 Å². The molecule has 0 fully saturated rings. The highest BCUT2D eigenvalue weighted by Crippen LogP contribution is 2.24. The Bertz CT molecular complexity index is 459. The van der Waals surface area contributed by atoms with Crippen molar-refractivity contribution in [2.45, 2.75) is 18.2 Å². The molecule has 0 bridgehead atoms. The summed E-state index contributed by atoms with van der Waals surface area (Å²) in [6.07, 6.45) is 0.765.